The van der Waals surface area contributed by atoms with Crippen molar-refractivity contribution in [2.24, 2.45) is 11.8 Å². The first-order valence-corrected chi connectivity index (χ1v) is 12.3. The Morgan fingerprint density at radius 1 is 1.16 bits per heavy atom. The summed E-state index contributed by atoms with van der Waals surface area (Å²) < 4.78 is 50.0. The summed E-state index contributed by atoms with van der Waals surface area (Å²) >= 11 is 0.983. The number of carbonyl (C=O) groups excluding carboxylic acids is 1. The molecule has 1 heterocycles. The summed E-state index contributed by atoms with van der Waals surface area (Å²) in [5.41, 5.74) is 1.93. The van der Waals surface area contributed by atoms with Crippen LogP contribution in [-0.2, 0) is 14.8 Å². The van der Waals surface area contributed by atoms with Crippen molar-refractivity contribution in [2.45, 2.75) is 37.5 Å². The van der Waals surface area contributed by atoms with Gasteiger partial charge < -0.3 is 5.32 Å². The number of halogens is 1. The molecule has 3 aromatic rings. The maximum Gasteiger partial charge on any atom is 0.242 e. The van der Waals surface area contributed by atoms with Crippen LogP contribution in [0.15, 0.2) is 41.3 Å². The minimum absolute atomic E-state index is 0.120. The van der Waals surface area contributed by atoms with Gasteiger partial charge in [0.05, 0.1) is 11.7 Å². The molecule has 0 radical (unpaired) electrons. The fourth-order valence-electron chi connectivity index (χ4n) is 3.85. The van der Waals surface area contributed by atoms with Crippen LogP contribution >= 0.6 is 11.7 Å². The number of sulfonamides is 1. The molecule has 1 aliphatic carbocycles. The van der Waals surface area contributed by atoms with Crippen LogP contribution in [0.4, 0.5) is 10.1 Å². The molecule has 1 aromatic heterocycles. The Kier molecular flexibility index (Phi) is 6.31. The van der Waals surface area contributed by atoms with Crippen LogP contribution in [0.3, 0.4) is 0 Å². The van der Waals surface area contributed by atoms with Crippen molar-refractivity contribution in [1.82, 2.24) is 13.5 Å². The minimum atomic E-state index is -3.69. The number of hydrogen-bond donors (Lipinski definition) is 2. The number of fused-ring (bicyclic) bond motifs is 1. The normalized spacial score (nSPS) is 19.4. The van der Waals surface area contributed by atoms with Crippen molar-refractivity contribution in [3.8, 4) is 0 Å². The van der Waals surface area contributed by atoms with E-state index in [2.05, 4.69) is 18.8 Å². The lowest BCUT2D eigenvalue weighted by Gasteiger charge is -2.28. The third-order valence-corrected chi connectivity index (χ3v) is 7.76. The molecule has 0 spiro atoms. The highest BCUT2D eigenvalue weighted by Crippen LogP contribution is 2.30. The van der Waals surface area contributed by atoms with Crippen LogP contribution in [-0.4, -0.2) is 29.6 Å². The van der Waals surface area contributed by atoms with Crippen molar-refractivity contribution in [3.05, 3.63) is 47.8 Å². The van der Waals surface area contributed by atoms with Crippen LogP contribution in [0.1, 0.15) is 31.2 Å². The van der Waals surface area contributed by atoms with Gasteiger partial charge in [-0.3, -0.25) is 4.79 Å². The first-order chi connectivity index (χ1) is 14.8. The van der Waals surface area contributed by atoms with Crippen molar-refractivity contribution in [1.29, 1.82) is 0 Å². The summed E-state index contributed by atoms with van der Waals surface area (Å²) in [6.45, 7) is 1.98. The Balaban J connectivity index is 1.30. The molecule has 31 heavy (non-hydrogen) atoms. The lowest BCUT2D eigenvalue weighted by molar-refractivity contribution is -0.121. The number of benzene rings is 2. The van der Waals surface area contributed by atoms with Gasteiger partial charge >= 0.3 is 0 Å². The Morgan fingerprint density at radius 2 is 1.94 bits per heavy atom. The predicted molar refractivity (Wildman–Crippen MR) is 118 cm³/mol. The SMILES string of the molecule is Cc1ccc(NC(=O)C2CCC(CNS(=O)(=O)c3cccc4nsnc34)CC2)cc1F. The van der Waals surface area contributed by atoms with E-state index in [1.807, 2.05) is 0 Å². The molecule has 1 amide bonds. The van der Waals surface area contributed by atoms with E-state index < -0.39 is 10.0 Å². The van der Waals surface area contributed by atoms with Gasteiger partial charge in [-0.15, -0.1) is 0 Å². The van der Waals surface area contributed by atoms with Gasteiger partial charge in [0.2, 0.25) is 15.9 Å². The third kappa shape index (κ3) is 4.91. The monoisotopic (exact) mass is 462 g/mol. The zero-order valence-electron chi connectivity index (χ0n) is 17.0. The van der Waals surface area contributed by atoms with Gasteiger partial charge in [-0.2, -0.15) is 8.75 Å². The molecule has 0 aliphatic heterocycles. The number of nitrogens with zero attached hydrogens (tertiary/aromatic N) is 2. The summed E-state index contributed by atoms with van der Waals surface area (Å²) in [5, 5.41) is 2.78. The second kappa shape index (κ2) is 8.97. The van der Waals surface area contributed by atoms with Gasteiger partial charge in [-0.05, 0) is 68.4 Å². The summed E-state index contributed by atoms with van der Waals surface area (Å²) in [4.78, 5) is 12.7. The van der Waals surface area contributed by atoms with Gasteiger partial charge in [-0.1, -0.05) is 12.1 Å². The fourth-order valence-corrected chi connectivity index (χ4v) is 5.73. The molecule has 1 saturated carbocycles. The Hall–Kier alpha value is -2.43. The molecule has 4 rings (SSSR count). The summed E-state index contributed by atoms with van der Waals surface area (Å²) in [6.07, 6.45) is 2.81. The molecule has 0 saturated heterocycles. The standard InChI is InChI=1S/C21H23FN4O3S2/c1-13-5-10-16(11-17(13)22)24-21(27)15-8-6-14(7-9-15)12-23-31(28,29)19-4-2-3-18-20(19)26-30-25-18/h2-5,10-11,14-15,23H,6-9,12H2,1H3,(H,24,27). The summed E-state index contributed by atoms with van der Waals surface area (Å²) in [6, 6.07) is 9.57. The first kappa shape index (κ1) is 21.8. The summed E-state index contributed by atoms with van der Waals surface area (Å²) in [7, 11) is -3.69. The van der Waals surface area contributed by atoms with Crippen LogP contribution in [0.25, 0.3) is 11.0 Å². The van der Waals surface area contributed by atoms with Crippen molar-refractivity contribution < 1.29 is 17.6 Å². The molecule has 1 fully saturated rings. The van der Waals surface area contributed by atoms with Gasteiger partial charge in [-0.25, -0.2) is 17.5 Å². The minimum Gasteiger partial charge on any atom is -0.326 e. The van der Waals surface area contributed by atoms with E-state index in [4.69, 9.17) is 0 Å². The molecular formula is C21H23FN4O3S2. The average Bonchev–Trinajstić information content (AvgIpc) is 3.24. The highest BCUT2D eigenvalue weighted by molar-refractivity contribution is 7.89. The third-order valence-electron chi connectivity index (χ3n) is 5.76. The molecule has 164 valence electrons. The smallest absolute Gasteiger partial charge is 0.242 e. The number of nitrogens with one attached hydrogen (secondary N) is 2. The lowest BCUT2D eigenvalue weighted by atomic mass is 9.81. The fraction of sp³-hybridized carbons (Fsp3) is 0.381. The molecule has 0 bridgehead atoms. The van der Waals surface area contributed by atoms with E-state index in [-0.39, 0.29) is 28.5 Å². The van der Waals surface area contributed by atoms with Crippen molar-refractivity contribution in [3.63, 3.8) is 0 Å². The number of aryl methyl sites for hydroxylation is 1. The Morgan fingerprint density at radius 3 is 2.68 bits per heavy atom. The molecular weight excluding hydrogens is 439 g/mol. The second-order valence-electron chi connectivity index (χ2n) is 7.91. The zero-order valence-corrected chi connectivity index (χ0v) is 18.6. The molecule has 7 nitrogen and oxygen atoms in total. The highest BCUT2D eigenvalue weighted by Gasteiger charge is 2.28. The molecule has 2 N–H and O–H groups in total. The number of amides is 1. The van der Waals surface area contributed by atoms with E-state index in [0.29, 0.717) is 41.7 Å². The molecule has 2 aromatic carbocycles. The lowest BCUT2D eigenvalue weighted by Crippen LogP contribution is -2.33. The van der Waals surface area contributed by atoms with Gasteiger partial charge in [0.1, 0.15) is 21.7 Å². The van der Waals surface area contributed by atoms with E-state index in [1.165, 1.54) is 12.1 Å². The molecule has 1 aliphatic rings. The zero-order chi connectivity index (χ0) is 22.0. The van der Waals surface area contributed by atoms with Crippen molar-refractivity contribution in [2.75, 3.05) is 11.9 Å². The van der Waals surface area contributed by atoms with E-state index >= 15 is 0 Å². The largest absolute Gasteiger partial charge is 0.326 e. The number of aromatic nitrogens is 2. The maximum atomic E-state index is 13.7. The summed E-state index contributed by atoms with van der Waals surface area (Å²) in [5.74, 6) is -0.474. The number of carbonyl (C=O) groups is 1. The van der Waals surface area contributed by atoms with Crippen LogP contribution in [0.2, 0.25) is 0 Å². The van der Waals surface area contributed by atoms with Crippen LogP contribution < -0.4 is 10.0 Å². The topological polar surface area (TPSA) is 101 Å². The van der Waals surface area contributed by atoms with Gasteiger partial charge in [0, 0.05) is 18.2 Å². The predicted octanol–water partition coefficient (Wildman–Crippen LogP) is 3.86. The Bertz CT molecular complexity index is 1200. The molecule has 0 unspecified atom stereocenters. The number of hydrogen-bond acceptors (Lipinski definition) is 6. The Labute approximate surface area is 184 Å². The van der Waals surface area contributed by atoms with E-state index in [1.54, 1.807) is 31.2 Å². The first-order valence-electron chi connectivity index (χ1n) is 10.1. The number of anilines is 1. The van der Waals surface area contributed by atoms with Gasteiger partial charge in [0.25, 0.3) is 0 Å². The highest BCUT2D eigenvalue weighted by atomic mass is 32.2. The second-order valence-corrected chi connectivity index (χ2v) is 10.2. The van der Waals surface area contributed by atoms with Crippen molar-refractivity contribution >= 4 is 44.4 Å². The average molecular weight is 463 g/mol. The molecule has 10 heteroatoms. The number of rotatable bonds is 6. The maximum absolute atomic E-state index is 13.7. The quantitative estimate of drug-likeness (QED) is 0.579. The van der Waals surface area contributed by atoms with Crippen LogP contribution in [0, 0.1) is 24.6 Å². The van der Waals surface area contributed by atoms with Gasteiger partial charge in [0.15, 0.2) is 0 Å². The van der Waals surface area contributed by atoms with E-state index in [9.17, 15) is 17.6 Å². The van der Waals surface area contributed by atoms with Crippen LogP contribution in [0.5, 0.6) is 0 Å². The van der Waals surface area contributed by atoms with E-state index in [0.717, 1.165) is 24.6 Å². The molecule has 0 atom stereocenters.